The molecule has 0 bridgehead atoms. The second-order valence-electron chi connectivity index (χ2n) is 6.41. The van der Waals surface area contributed by atoms with E-state index in [-0.39, 0.29) is 11.7 Å². The molecule has 1 heterocycles. The van der Waals surface area contributed by atoms with E-state index < -0.39 is 0 Å². The van der Waals surface area contributed by atoms with Crippen molar-refractivity contribution >= 4 is 5.91 Å². The third-order valence-electron chi connectivity index (χ3n) is 4.79. The van der Waals surface area contributed by atoms with Crippen LogP contribution in [-0.4, -0.2) is 55.5 Å². The molecule has 2 aliphatic carbocycles. The highest BCUT2D eigenvalue weighted by Crippen LogP contribution is 2.37. The summed E-state index contributed by atoms with van der Waals surface area (Å²) in [4.78, 5) is 14.0. The molecule has 1 aliphatic heterocycles. The summed E-state index contributed by atoms with van der Waals surface area (Å²) in [7, 11) is 2.13. The van der Waals surface area contributed by atoms with Gasteiger partial charge in [0.2, 0.25) is 5.91 Å². The van der Waals surface area contributed by atoms with Gasteiger partial charge in [-0.2, -0.15) is 0 Å². The Morgan fingerprint density at radius 2 is 1.85 bits per heavy atom. The summed E-state index contributed by atoms with van der Waals surface area (Å²) in [5.41, 5.74) is 0. The Kier molecular flexibility index (Phi) is 4.29. The molecule has 0 aromatic heterocycles. The smallest absolute Gasteiger partial charge is 0.221 e. The maximum absolute atomic E-state index is 11.7. The lowest BCUT2D eigenvalue weighted by atomic mass is 9.89. The summed E-state index contributed by atoms with van der Waals surface area (Å²) in [5.74, 6) is -0.0742. The number of amides is 1. The molecular formula is C15H26N2O3. The second-order valence-corrected chi connectivity index (χ2v) is 6.41. The van der Waals surface area contributed by atoms with E-state index in [0.717, 1.165) is 58.3 Å². The van der Waals surface area contributed by atoms with E-state index in [0.29, 0.717) is 18.5 Å². The van der Waals surface area contributed by atoms with Gasteiger partial charge in [0.15, 0.2) is 5.79 Å². The highest BCUT2D eigenvalue weighted by molar-refractivity contribution is 5.76. The molecule has 1 amide bonds. The van der Waals surface area contributed by atoms with Crippen molar-refractivity contribution in [3.05, 3.63) is 0 Å². The average Bonchev–Trinajstić information content (AvgIpc) is 3.15. The third-order valence-corrected chi connectivity index (χ3v) is 4.79. The summed E-state index contributed by atoms with van der Waals surface area (Å²) < 4.78 is 11.5. The van der Waals surface area contributed by atoms with Gasteiger partial charge >= 0.3 is 0 Å². The van der Waals surface area contributed by atoms with Crippen molar-refractivity contribution in [2.75, 3.05) is 26.8 Å². The van der Waals surface area contributed by atoms with E-state index >= 15 is 0 Å². The molecule has 114 valence electrons. The maximum Gasteiger partial charge on any atom is 0.221 e. The van der Waals surface area contributed by atoms with Crippen molar-refractivity contribution in [2.45, 2.75) is 62.8 Å². The molecule has 0 unspecified atom stereocenters. The van der Waals surface area contributed by atoms with Crippen molar-refractivity contribution in [3.8, 4) is 0 Å². The molecule has 0 aromatic rings. The number of nitrogens with one attached hydrogen (secondary N) is 1. The Bertz CT molecular complexity index is 341. The first kappa shape index (κ1) is 14.3. The SMILES string of the molecule is CN(CCC(=O)NC1CC1)C1CCC2(CC1)OCCO2. The minimum atomic E-state index is -0.277. The lowest BCUT2D eigenvalue weighted by molar-refractivity contribution is -0.183. The molecule has 0 atom stereocenters. The van der Waals surface area contributed by atoms with Crippen LogP contribution in [0.25, 0.3) is 0 Å². The topological polar surface area (TPSA) is 50.8 Å². The number of carbonyl (C=O) groups excluding carboxylic acids is 1. The Hall–Kier alpha value is -0.650. The molecule has 2 saturated carbocycles. The maximum atomic E-state index is 11.7. The van der Waals surface area contributed by atoms with Crippen LogP contribution in [0.5, 0.6) is 0 Å². The van der Waals surface area contributed by atoms with Crippen molar-refractivity contribution < 1.29 is 14.3 Å². The molecule has 3 rings (SSSR count). The van der Waals surface area contributed by atoms with E-state index in [9.17, 15) is 4.79 Å². The predicted octanol–water partition coefficient (Wildman–Crippen LogP) is 1.27. The first-order valence-electron chi connectivity index (χ1n) is 7.94. The summed E-state index contributed by atoms with van der Waals surface area (Å²) in [6.45, 7) is 2.32. The monoisotopic (exact) mass is 282 g/mol. The minimum Gasteiger partial charge on any atom is -0.353 e. The van der Waals surface area contributed by atoms with Crippen molar-refractivity contribution in [3.63, 3.8) is 0 Å². The van der Waals surface area contributed by atoms with Crippen LogP contribution in [0.2, 0.25) is 0 Å². The van der Waals surface area contributed by atoms with Gasteiger partial charge in [-0.3, -0.25) is 4.79 Å². The van der Waals surface area contributed by atoms with Crippen LogP contribution in [0.15, 0.2) is 0 Å². The third kappa shape index (κ3) is 3.51. The van der Waals surface area contributed by atoms with E-state index in [2.05, 4.69) is 17.3 Å². The largest absolute Gasteiger partial charge is 0.353 e. The summed E-state index contributed by atoms with van der Waals surface area (Å²) >= 11 is 0. The van der Waals surface area contributed by atoms with E-state index in [4.69, 9.17) is 9.47 Å². The van der Waals surface area contributed by atoms with Crippen LogP contribution in [-0.2, 0) is 14.3 Å². The molecule has 0 aromatic carbocycles. The normalized spacial score (nSPS) is 26.3. The van der Waals surface area contributed by atoms with Gasteiger partial charge in [0, 0.05) is 37.9 Å². The molecule has 5 heteroatoms. The molecular weight excluding hydrogens is 256 g/mol. The second kappa shape index (κ2) is 6.00. The molecule has 3 fully saturated rings. The summed E-state index contributed by atoms with van der Waals surface area (Å²) in [6, 6.07) is 1.03. The summed E-state index contributed by atoms with van der Waals surface area (Å²) in [5, 5.41) is 3.05. The zero-order valence-corrected chi connectivity index (χ0v) is 12.4. The minimum absolute atomic E-state index is 0.203. The van der Waals surface area contributed by atoms with Gasteiger partial charge in [-0.05, 0) is 32.7 Å². The molecule has 20 heavy (non-hydrogen) atoms. The first-order valence-corrected chi connectivity index (χ1v) is 7.94. The van der Waals surface area contributed by atoms with Gasteiger partial charge in [0.1, 0.15) is 0 Å². The predicted molar refractivity (Wildman–Crippen MR) is 75.3 cm³/mol. The van der Waals surface area contributed by atoms with Crippen LogP contribution in [0.1, 0.15) is 44.9 Å². The molecule has 1 saturated heterocycles. The van der Waals surface area contributed by atoms with Crippen LogP contribution in [0, 0.1) is 0 Å². The molecule has 1 spiro atoms. The lowest BCUT2D eigenvalue weighted by Crippen LogP contribution is -2.43. The Labute approximate surface area is 121 Å². The number of hydrogen-bond acceptors (Lipinski definition) is 4. The Morgan fingerprint density at radius 3 is 2.45 bits per heavy atom. The summed E-state index contributed by atoms with van der Waals surface area (Å²) in [6.07, 6.45) is 7.09. The van der Waals surface area contributed by atoms with Crippen molar-refractivity contribution in [1.82, 2.24) is 10.2 Å². The quantitative estimate of drug-likeness (QED) is 0.825. The highest BCUT2D eigenvalue weighted by atomic mass is 16.7. The van der Waals surface area contributed by atoms with Crippen molar-refractivity contribution in [2.24, 2.45) is 0 Å². The van der Waals surface area contributed by atoms with E-state index in [1.54, 1.807) is 0 Å². The Morgan fingerprint density at radius 1 is 1.20 bits per heavy atom. The molecule has 3 aliphatic rings. The van der Waals surface area contributed by atoms with Crippen LogP contribution >= 0.6 is 0 Å². The molecule has 1 N–H and O–H groups in total. The van der Waals surface area contributed by atoms with Gasteiger partial charge in [0.25, 0.3) is 0 Å². The highest BCUT2D eigenvalue weighted by Gasteiger charge is 2.41. The number of carbonyl (C=O) groups is 1. The zero-order valence-electron chi connectivity index (χ0n) is 12.4. The fourth-order valence-electron chi connectivity index (χ4n) is 3.26. The van der Waals surface area contributed by atoms with E-state index in [1.165, 1.54) is 0 Å². The van der Waals surface area contributed by atoms with Gasteiger partial charge in [-0.25, -0.2) is 0 Å². The first-order chi connectivity index (χ1) is 9.67. The van der Waals surface area contributed by atoms with Gasteiger partial charge < -0.3 is 19.7 Å². The fourth-order valence-corrected chi connectivity index (χ4v) is 3.26. The van der Waals surface area contributed by atoms with Gasteiger partial charge in [-0.1, -0.05) is 0 Å². The number of hydrogen-bond donors (Lipinski definition) is 1. The zero-order chi connectivity index (χ0) is 14.0. The van der Waals surface area contributed by atoms with Crippen LogP contribution in [0.3, 0.4) is 0 Å². The van der Waals surface area contributed by atoms with Crippen molar-refractivity contribution in [1.29, 1.82) is 0 Å². The van der Waals surface area contributed by atoms with E-state index in [1.807, 2.05) is 0 Å². The number of nitrogens with zero attached hydrogens (tertiary/aromatic N) is 1. The van der Waals surface area contributed by atoms with Gasteiger partial charge in [-0.15, -0.1) is 0 Å². The number of rotatable bonds is 5. The lowest BCUT2D eigenvalue weighted by Gasteiger charge is -2.39. The average molecular weight is 282 g/mol. The van der Waals surface area contributed by atoms with Gasteiger partial charge in [0.05, 0.1) is 13.2 Å². The fraction of sp³-hybridized carbons (Fsp3) is 0.933. The Balaban J connectivity index is 1.37. The standard InChI is InChI=1S/C15H26N2O3/c1-17(9-6-14(18)16-12-2-3-12)13-4-7-15(8-5-13)19-10-11-20-15/h12-13H,2-11H2,1H3,(H,16,18). The van der Waals surface area contributed by atoms with Crippen LogP contribution in [0.4, 0.5) is 0 Å². The molecule has 0 radical (unpaired) electrons. The van der Waals surface area contributed by atoms with Crippen LogP contribution < -0.4 is 5.32 Å². The molecule has 5 nitrogen and oxygen atoms in total. The number of ether oxygens (including phenoxy) is 2.